The molecule has 1 aliphatic heterocycles. The van der Waals surface area contributed by atoms with Crippen LogP contribution in [0.15, 0.2) is 24.3 Å². The van der Waals surface area contributed by atoms with Crippen molar-refractivity contribution >= 4 is 11.8 Å². The van der Waals surface area contributed by atoms with E-state index in [0.29, 0.717) is 12.3 Å². The van der Waals surface area contributed by atoms with Crippen molar-refractivity contribution in [2.45, 2.75) is 25.5 Å². The third kappa shape index (κ3) is 4.75. The molecule has 2 N–H and O–H groups in total. The third-order valence-electron chi connectivity index (χ3n) is 3.31. The van der Waals surface area contributed by atoms with Crippen molar-refractivity contribution in [1.29, 1.82) is 0 Å². The first kappa shape index (κ1) is 15.3. The van der Waals surface area contributed by atoms with Gasteiger partial charge >= 0.3 is 11.8 Å². The molecule has 0 bridgehead atoms. The maximum absolute atomic E-state index is 11.7. The Morgan fingerprint density at radius 2 is 2.14 bits per heavy atom. The molecule has 0 unspecified atom stereocenters. The number of hydrogen-bond acceptors (Lipinski definition) is 4. The molecule has 2 rings (SSSR count). The van der Waals surface area contributed by atoms with Crippen LogP contribution >= 0.6 is 0 Å². The van der Waals surface area contributed by atoms with E-state index in [1.807, 2.05) is 24.3 Å². The molecule has 0 saturated carbocycles. The molecule has 1 aromatic carbocycles. The summed E-state index contributed by atoms with van der Waals surface area (Å²) in [5, 5.41) is 5.16. The number of benzene rings is 1. The summed E-state index contributed by atoms with van der Waals surface area (Å²) in [6.45, 7) is 1.39. The minimum Gasteiger partial charge on any atom is -0.497 e. The van der Waals surface area contributed by atoms with Gasteiger partial charge in [-0.2, -0.15) is 0 Å². The zero-order chi connectivity index (χ0) is 15.1. The van der Waals surface area contributed by atoms with Gasteiger partial charge in [-0.3, -0.25) is 9.59 Å². The first-order valence-corrected chi connectivity index (χ1v) is 6.99. The Balaban J connectivity index is 1.73. The minimum atomic E-state index is -0.643. The van der Waals surface area contributed by atoms with Crippen LogP contribution in [-0.2, 0) is 20.9 Å². The van der Waals surface area contributed by atoms with Gasteiger partial charge in [-0.05, 0) is 30.5 Å². The van der Waals surface area contributed by atoms with Crippen LogP contribution in [0.4, 0.5) is 0 Å². The van der Waals surface area contributed by atoms with Gasteiger partial charge in [0.15, 0.2) is 0 Å². The van der Waals surface area contributed by atoms with Gasteiger partial charge in [-0.25, -0.2) is 0 Å². The average molecular weight is 292 g/mol. The van der Waals surface area contributed by atoms with Crippen molar-refractivity contribution in [3.05, 3.63) is 29.8 Å². The standard InChI is InChI=1S/C15H20N2O4/c1-20-12-5-2-4-11(8-12)9-16-14(18)15(19)17-10-13-6-3-7-21-13/h2,4-5,8,13H,3,6-7,9-10H2,1H3,(H,16,18)(H,17,19)/t13-/m0/s1. The van der Waals surface area contributed by atoms with Gasteiger partial charge in [-0.15, -0.1) is 0 Å². The molecule has 0 radical (unpaired) electrons. The fraction of sp³-hybridized carbons (Fsp3) is 0.467. The Labute approximate surface area is 123 Å². The molecule has 1 saturated heterocycles. The summed E-state index contributed by atoms with van der Waals surface area (Å²) in [5.41, 5.74) is 0.870. The molecule has 0 aromatic heterocycles. The first-order chi connectivity index (χ1) is 10.2. The largest absolute Gasteiger partial charge is 0.497 e. The second-order valence-corrected chi connectivity index (χ2v) is 4.88. The van der Waals surface area contributed by atoms with E-state index in [4.69, 9.17) is 9.47 Å². The maximum Gasteiger partial charge on any atom is 0.309 e. The van der Waals surface area contributed by atoms with Gasteiger partial charge in [0.2, 0.25) is 0 Å². The topological polar surface area (TPSA) is 76.7 Å². The summed E-state index contributed by atoms with van der Waals surface area (Å²) in [5.74, 6) is -0.561. The van der Waals surface area contributed by atoms with Crippen LogP contribution in [0.2, 0.25) is 0 Å². The molecule has 1 fully saturated rings. The predicted molar refractivity (Wildman–Crippen MR) is 76.8 cm³/mol. The molecule has 6 heteroatoms. The zero-order valence-electron chi connectivity index (χ0n) is 12.1. The predicted octanol–water partition coefficient (Wildman–Crippen LogP) is 0.607. The molecule has 0 spiro atoms. The summed E-state index contributed by atoms with van der Waals surface area (Å²) < 4.78 is 10.5. The van der Waals surface area contributed by atoms with E-state index >= 15 is 0 Å². The number of ether oxygens (including phenoxy) is 2. The molecule has 6 nitrogen and oxygen atoms in total. The Bertz CT molecular complexity index is 498. The van der Waals surface area contributed by atoms with Gasteiger partial charge in [0.05, 0.1) is 13.2 Å². The molecular formula is C15H20N2O4. The monoisotopic (exact) mass is 292 g/mol. The molecule has 114 valence electrons. The number of amides is 2. The van der Waals surface area contributed by atoms with Crippen molar-refractivity contribution in [2.75, 3.05) is 20.3 Å². The van der Waals surface area contributed by atoms with Crippen LogP contribution in [0, 0.1) is 0 Å². The van der Waals surface area contributed by atoms with Crippen LogP contribution in [-0.4, -0.2) is 38.2 Å². The molecule has 21 heavy (non-hydrogen) atoms. The number of carbonyl (C=O) groups excluding carboxylic acids is 2. The van der Waals surface area contributed by atoms with Crippen molar-refractivity contribution < 1.29 is 19.1 Å². The van der Waals surface area contributed by atoms with Crippen LogP contribution in [0.5, 0.6) is 5.75 Å². The van der Waals surface area contributed by atoms with Crippen molar-refractivity contribution in [3.63, 3.8) is 0 Å². The highest BCUT2D eigenvalue weighted by molar-refractivity contribution is 6.35. The summed E-state index contributed by atoms with van der Waals surface area (Å²) in [7, 11) is 1.58. The number of carbonyl (C=O) groups is 2. The highest BCUT2D eigenvalue weighted by Crippen LogP contribution is 2.12. The summed E-state index contributed by atoms with van der Waals surface area (Å²) >= 11 is 0. The van der Waals surface area contributed by atoms with Gasteiger partial charge in [0.25, 0.3) is 0 Å². The van der Waals surface area contributed by atoms with Crippen LogP contribution in [0.1, 0.15) is 18.4 Å². The molecule has 1 aromatic rings. The van der Waals surface area contributed by atoms with Gasteiger partial charge < -0.3 is 20.1 Å². The van der Waals surface area contributed by atoms with Crippen LogP contribution in [0.25, 0.3) is 0 Å². The Kier molecular flexibility index (Phi) is 5.57. The lowest BCUT2D eigenvalue weighted by Gasteiger charge is -2.11. The number of hydrogen-bond donors (Lipinski definition) is 2. The van der Waals surface area contributed by atoms with Gasteiger partial charge in [-0.1, -0.05) is 12.1 Å². The lowest BCUT2D eigenvalue weighted by atomic mass is 10.2. The lowest BCUT2D eigenvalue weighted by molar-refractivity contribution is -0.139. The molecule has 1 aliphatic rings. The van der Waals surface area contributed by atoms with Crippen molar-refractivity contribution in [1.82, 2.24) is 10.6 Å². The van der Waals surface area contributed by atoms with Crippen molar-refractivity contribution in [3.8, 4) is 5.75 Å². The van der Waals surface area contributed by atoms with Gasteiger partial charge in [0.1, 0.15) is 5.75 Å². The normalized spacial score (nSPS) is 17.3. The van der Waals surface area contributed by atoms with E-state index in [0.717, 1.165) is 25.0 Å². The van der Waals surface area contributed by atoms with E-state index in [1.165, 1.54) is 0 Å². The molecule has 1 atom stereocenters. The van der Waals surface area contributed by atoms with Gasteiger partial charge in [0, 0.05) is 19.7 Å². The SMILES string of the molecule is COc1cccc(CNC(=O)C(=O)NC[C@@H]2CCCO2)c1. The summed E-state index contributed by atoms with van der Waals surface area (Å²) in [4.78, 5) is 23.3. The molecule has 2 amide bonds. The van der Waals surface area contributed by atoms with E-state index in [2.05, 4.69) is 10.6 Å². The molecule has 1 heterocycles. The average Bonchev–Trinajstić information content (AvgIpc) is 3.03. The van der Waals surface area contributed by atoms with E-state index < -0.39 is 11.8 Å². The fourth-order valence-corrected chi connectivity index (χ4v) is 2.14. The number of rotatable bonds is 5. The molecule has 0 aliphatic carbocycles. The highest BCUT2D eigenvalue weighted by Gasteiger charge is 2.19. The van der Waals surface area contributed by atoms with E-state index in [1.54, 1.807) is 7.11 Å². The van der Waals surface area contributed by atoms with E-state index in [-0.39, 0.29) is 12.6 Å². The smallest absolute Gasteiger partial charge is 0.309 e. The second-order valence-electron chi connectivity index (χ2n) is 4.88. The van der Waals surface area contributed by atoms with Crippen molar-refractivity contribution in [2.24, 2.45) is 0 Å². The zero-order valence-corrected chi connectivity index (χ0v) is 12.1. The van der Waals surface area contributed by atoms with E-state index in [9.17, 15) is 9.59 Å². The number of nitrogens with one attached hydrogen (secondary N) is 2. The highest BCUT2D eigenvalue weighted by atomic mass is 16.5. The molecular weight excluding hydrogens is 272 g/mol. The number of methoxy groups -OCH3 is 1. The van der Waals surface area contributed by atoms with Crippen LogP contribution < -0.4 is 15.4 Å². The third-order valence-corrected chi connectivity index (χ3v) is 3.31. The Hall–Kier alpha value is -2.08. The summed E-state index contributed by atoms with van der Waals surface area (Å²) in [6, 6.07) is 7.31. The second kappa shape index (κ2) is 7.64. The summed E-state index contributed by atoms with van der Waals surface area (Å²) in [6.07, 6.45) is 1.95. The minimum absolute atomic E-state index is 0.0279. The Morgan fingerprint density at radius 1 is 1.33 bits per heavy atom. The maximum atomic E-state index is 11.7. The fourth-order valence-electron chi connectivity index (χ4n) is 2.14. The first-order valence-electron chi connectivity index (χ1n) is 6.99. The quantitative estimate of drug-likeness (QED) is 0.780. The van der Waals surface area contributed by atoms with Crippen LogP contribution in [0.3, 0.4) is 0 Å². The Morgan fingerprint density at radius 3 is 2.86 bits per heavy atom. The lowest BCUT2D eigenvalue weighted by Crippen LogP contribution is -2.42.